The van der Waals surface area contributed by atoms with Crippen LogP contribution >= 0.6 is 0 Å². The van der Waals surface area contributed by atoms with Gasteiger partial charge in [0.25, 0.3) is 0 Å². The smallest absolute Gasteiger partial charge is 0.476 e. The van der Waals surface area contributed by atoms with Crippen molar-refractivity contribution in [3.8, 4) is 5.75 Å². The Morgan fingerprint density at radius 2 is 1.24 bits per heavy atom. The second-order valence-electron chi connectivity index (χ2n) is 11.4. The monoisotopic (exact) mass is 456 g/mol. The van der Waals surface area contributed by atoms with Gasteiger partial charge in [0.2, 0.25) is 0 Å². The summed E-state index contributed by atoms with van der Waals surface area (Å²) in [5.41, 5.74) is 9.44. The molecule has 180 valence electrons. The molecule has 1 heterocycles. The van der Waals surface area contributed by atoms with E-state index in [-0.39, 0.29) is 14.0 Å². The van der Waals surface area contributed by atoms with Crippen molar-refractivity contribution in [2.45, 2.75) is 111 Å². The van der Waals surface area contributed by atoms with E-state index in [2.05, 4.69) is 68.8 Å². The Hall–Kier alpha value is -1.71. The summed E-state index contributed by atoms with van der Waals surface area (Å²) in [5, 5.41) is 4.22. The van der Waals surface area contributed by atoms with Crippen LogP contribution in [-0.2, 0) is 0 Å². The third-order valence-electron chi connectivity index (χ3n) is 8.55. The molecule has 34 heavy (non-hydrogen) atoms. The Morgan fingerprint density at radius 3 is 1.85 bits per heavy atom. The molecule has 3 aliphatic rings. The molecule has 2 aromatic rings. The Bertz CT molecular complexity index is 1000. The zero-order valence-electron chi connectivity index (χ0n) is 22.0. The number of rotatable bonds is 4. The summed E-state index contributed by atoms with van der Waals surface area (Å²) in [6.07, 6.45) is 13.2. The summed E-state index contributed by atoms with van der Waals surface area (Å²) in [6.45, 7) is 11.5. The van der Waals surface area contributed by atoms with Gasteiger partial charge in [-0.25, -0.2) is 0 Å². The van der Waals surface area contributed by atoms with E-state index in [1.165, 1.54) is 103 Å². The molecule has 2 saturated carbocycles. The van der Waals surface area contributed by atoms with Crippen molar-refractivity contribution >= 4 is 25.0 Å². The van der Waals surface area contributed by atoms with Crippen LogP contribution in [0, 0.1) is 34.6 Å². The first-order valence-electron chi connectivity index (χ1n) is 13.8. The summed E-state index contributed by atoms with van der Waals surface area (Å²) in [4.78, 5) is 0. The van der Waals surface area contributed by atoms with Gasteiger partial charge in [-0.05, 0) is 101 Å². The van der Waals surface area contributed by atoms with E-state index < -0.39 is 0 Å². The lowest BCUT2D eigenvalue weighted by Gasteiger charge is -2.47. The van der Waals surface area contributed by atoms with E-state index in [9.17, 15) is 0 Å². The minimum Gasteiger partial charge on any atom is -0.543 e. The van der Waals surface area contributed by atoms with Gasteiger partial charge in [-0.2, -0.15) is 0 Å². The number of aryl methyl sites for hydroxylation is 5. The van der Waals surface area contributed by atoms with Crippen molar-refractivity contribution in [3.05, 3.63) is 52.1 Å². The number of fused-ring (bicyclic) bond motifs is 1. The predicted molar refractivity (Wildman–Crippen MR) is 147 cm³/mol. The zero-order chi connectivity index (χ0) is 23.8. The van der Waals surface area contributed by atoms with Gasteiger partial charge in [0, 0.05) is 0 Å². The highest BCUT2D eigenvalue weighted by Crippen LogP contribution is 2.31. The fourth-order valence-corrected chi connectivity index (χ4v) is 7.09. The number of hydrogen-bond acceptors (Lipinski definition) is 3. The first kappa shape index (κ1) is 24.0. The average molecular weight is 456 g/mol. The lowest BCUT2D eigenvalue weighted by Crippen LogP contribution is -2.75. The van der Waals surface area contributed by atoms with Crippen LogP contribution in [0.4, 0.5) is 0 Å². The predicted octanol–water partition coefficient (Wildman–Crippen LogP) is 5.27. The van der Waals surface area contributed by atoms with Gasteiger partial charge >= 0.3 is 14.0 Å². The summed E-state index contributed by atoms with van der Waals surface area (Å²) in [6, 6.07) is 10.4. The number of hydrogen-bond donors (Lipinski definition) is 1. The Morgan fingerprint density at radius 1 is 0.706 bits per heavy atom. The van der Waals surface area contributed by atoms with E-state index in [1.54, 1.807) is 0 Å². The summed E-state index contributed by atoms with van der Waals surface area (Å²) < 4.78 is 9.82. The third kappa shape index (κ3) is 4.71. The Labute approximate surface area is 208 Å². The highest BCUT2D eigenvalue weighted by atomic mass is 16.4. The molecular formula is C29H42B2N2O. The lowest BCUT2D eigenvalue weighted by molar-refractivity contribution is 0.303. The van der Waals surface area contributed by atoms with Gasteiger partial charge in [-0.15, -0.1) is 0 Å². The normalized spacial score (nSPS) is 20.4. The Balaban J connectivity index is 1.65. The minimum absolute atomic E-state index is 0.0431. The molecule has 0 spiro atoms. The maximum atomic E-state index is 7.05. The molecule has 0 unspecified atom stereocenters. The molecule has 0 saturated heterocycles. The van der Waals surface area contributed by atoms with Gasteiger partial charge < -0.3 is 14.6 Å². The van der Waals surface area contributed by atoms with Crippen LogP contribution in [0.15, 0.2) is 24.3 Å². The molecule has 3 nitrogen and oxygen atoms in total. The van der Waals surface area contributed by atoms with E-state index in [0.29, 0.717) is 12.1 Å². The van der Waals surface area contributed by atoms with E-state index >= 15 is 0 Å². The van der Waals surface area contributed by atoms with Gasteiger partial charge in [0.15, 0.2) is 0 Å². The van der Waals surface area contributed by atoms with Gasteiger partial charge in [0.05, 0.1) is 5.75 Å². The molecule has 2 aromatic carbocycles. The standard InChI is InChI=1S/C29H42B2N2O/c1-20-16-22(3)28(23(4)17-20)31-33(26-14-10-7-11-15-26)30(32-25-12-8-6-9-13-25)29-24(5)18-21(2)19-27(29)34-31/h16-19,25-26,32H,6-15H2,1-5H3. The zero-order valence-corrected chi connectivity index (χ0v) is 22.0. The molecular weight excluding hydrogens is 414 g/mol. The van der Waals surface area contributed by atoms with Crippen LogP contribution in [0.5, 0.6) is 5.75 Å². The quantitative estimate of drug-likeness (QED) is 0.635. The molecule has 0 radical (unpaired) electrons. The van der Waals surface area contributed by atoms with Gasteiger partial charge in [0.1, 0.15) is 0 Å². The van der Waals surface area contributed by atoms with Crippen LogP contribution in [-0.4, -0.2) is 30.8 Å². The SMILES string of the molecule is Cc1cc(C)c(B2Oc3cc(C)cc(C)c3B(NC3CCCCC3)N2C2CCCCC2)c(C)c1. The second kappa shape index (κ2) is 10.1. The van der Waals surface area contributed by atoms with Crippen molar-refractivity contribution in [1.29, 1.82) is 0 Å². The number of nitrogens with zero attached hydrogens (tertiary/aromatic N) is 1. The van der Waals surface area contributed by atoms with Crippen LogP contribution in [0.3, 0.4) is 0 Å². The minimum atomic E-state index is -0.0431. The number of benzene rings is 2. The molecule has 5 rings (SSSR count). The lowest BCUT2D eigenvalue weighted by atomic mass is 9.49. The highest BCUT2D eigenvalue weighted by Gasteiger charge is 2.49. The summed E-state index contributed by atoms with van der Waals surface area (Å²) >= 11 is 0. The van der Waals surface area contributed by atoms with Gasteiger partial charge in [-0.1, -0.05) is 73.4 Å². The fraction of sp³-hybridized carbons (Fsp3) is 0.586. The Kier molecular flexibility index (Phi) is 7.14. The van der Waals surface area contributed by atoms with Crippen molar-refractivity contribution in [1.82, 2.24) is 9.95 Å². The fourth-order valence-electron chi connectivity index (χ4n) is 7.09. The molecule has 2 aliphatic carbocycles. The maximum Gasteiger partial charge on any atom is 0.476 e. The summed E-state index contributed by atoms with van der Waals surface area (Å²) in [7, 11) is -0.0431. The average Bonchev–Trinajstić information content (AvgIpc) is 2.79. The van der Waals surface area contributed by atoms with Crippen LogP contribution in [0.2, 0.25) is 0 Å². The number of nitrogens with one attached hydrogen (secondary N) is 1. The van der Waals surface area contributed by atoms with Gasteiger partial charge in [-0.3, -0.25) is 0 Å². The molecule has 1 N–H and O–H groups in total. The van der Waals surface area contributed by atoms with E-state index in [0.717, 1.165) is 5.75 Å². The molecule has 0 atom stereocenters. The van der Waals surface area contributed by atoms with Crippen LogP contribution in [0.1, 0.15) is 92.0 Å². The topological polar surface area (TPSA) is 24.5 Å². The molecule has 0 bridgehead atoms. The van der Waals surface area contributed by atoms with Crippen molar-refractivity contribution in [2.75, 3.05) is 0 Å². The molecule has 2 fully saturated rings. The largest absolute Gasteiger partial charge is 0.543 e. The van der Waals surface area contributed by atoms with Crippen LogP contribution < -0.4 is 20.8 Å². The third-order valence-corrected chi connectivity index (χ3v) is 8.55. The van der Waals surface area contributed by atoms with Crippen molar-refractivity contribution in [2.24, 2.45) is 0 Å². The molecule has 0 amide bonds. The molecule has 5 heteroatoms. The maximum absolute atomic E-state index is 7.05. The van der Waals surface area contributed by atoms with E-state index in [4.69, 9.17) is 4.65 Å². The molecule has 0 aromatic heterocycles. The molecule has 1 aliphatic heterocycles. The van der Waals surface area contributed by atoms with Crippen molar-refractivity contribution < 1.29 is 4.65 Å². The van der Waals surface area contributed by atoms with Crippen LogP contribution in [0.25, 0.3) is 0 Å². The van der Waals surface area contributed by atoms with E-state index in [1.807, 2.05) is 0 Å². The first-order valence-corrected chi connectivity index (χ1v) is 13.8. The second-order valence-corrected chi connectivity index (χ2v) is 11.4. The van der Waals surface area contributed by atoms with Crippen molar-refractivity contribution in [3.63, 3.8) is 0 Å². The summed E-state index contributed by atoms with van der Waals surface area (Å²) in [5.74, 6) is 1.09. The first-order chi connectivity index (χ1) is 16.4. The highest BCUT2D eigenvalue weighted by molar-refractivity contribution is 6.85.